The summed E-state index contributed by atoms with van der Waals surface area (Å²) in [6.07, 6.45) is 5.04. The molecule has 1 heterocycles. The highest BCUT2D eigenvalue weighted by Gasteiger charge is 2.59. The first-order chi connectivity index (χ1) is 17.7. The molecular weight excluding hydrogens is 466 g/mol. The van der Waals surface area contributed by atoms with Crippen molar-refractivity contribution in [2.75, 3.05) is 4.90 Å². The number of hydrogen-bond acceptors (Lipinski definition) is 5. The molecule has 3 aromatic carbocycles. The number of benzene rings is 3. The monoisotopic (exact) mass is 493 g/mol. The predicted molar refractivity (Wildman–Crippen MR) is 139 cm³/mol. The number of phenols is 1. The first-order valence-corrected chi connectivity index (χ1v) is 12.5. The Kier molecular flexibility index (Phi) is 5.30. The third-order valence-electron chi connectivity index (χ3n) is 7.83. The van der Waals surface area contributed by atoms with Crippen LogP contribution >= 0.6 is 0 Å². The van der Waals surface area contributed by atoms with E-state index in [9.17, 15) is 19.5 Å². The van der Waals surface area contributed by atoms with Crippen LogP contribution in [-0.2, 0) is 9.59 Å². The SMILES string of the molecule is CC(C)(Oc1ccc(-c2ccc(O)cc2)cc1)C(=O)c1ccc(N2C(=O)C3C4C=CC(C4)C3C2=O)cc1. The molecule has 4 unspecified atom stereocenters. The first-order valence-electron chi connectivity index (χ1n) is 12.5. The van der Waals surface area contributed by atoms with Gasteiger partial charge in [0.15, 0.2) is 5.60 Å². The van der Waals surface area contributed by atoms with Crippen LogP contribution in [0.2, 0.25) is 0 Å². The van der Waals surface area contributed by atoms with Gasteiger partial charge in [-0.15, -0.1) is 0 Å². The lowest BCUT2D eigenvalue weighted by atomic mass is 9.85. The molecule has 2 aliphatic carbocycles. The molecule has 2 amide bonds. The third kappa shape index (κ3) is 3.84. The molecule has 4 atom stereocenters. The van der Waals surface area contributed by atoms with Gasteiger partial charge in [-0.3, -0.25) is 19.3 Å². The summed E-state index contributed by atoms with van der Waals surface area (Å²) in [5, 5.41) is 9.48. The molecule has 1 N–H and O–H groups in total. The maximum atomic E-state index is 13.3. The molecule has 6 heteroatoms. The van der Waals surface area contributed by atoms with Crippen molar-refractivity contribution in [1.29, 1.82) is 0 Å². The van der Waals surface area contributed by atoms with Crippen molar-refractivity contribution < 1.29 is 24.2 Å². The average Bonchev–Trinajstić information content (AvgIpc) is 3.58. The predicted octanol–water partition coefficient (Wildman–Crippen LogP) is 5.41. The molecule has 186 valence electrons. The zero-order valence-corrected chi connectivity index (χ0v) is 20.6. The van der Waals surface area contributed by atoms with Gasteiger partial charge < -0.3 is 9.84 Å². The lowest BCUT2D eigenvalue weighted by Crippen LogP contribution is -2.38. The summed E-state index contributed by atoms with van der Waals surface area (Å²) in [5.74, 6) is 0.0994. The van der Waals surface area contributed by atoms with Crippen LogP contribution in [0.4, 0.5) is 5.69 Å². The maximum Gasteiger partial charge on any atom is 0.238 e. The summed E-state index contributed by atoms with van der Waals surface area (Å²) >= 11 is 0. The average molecular weight is 494 g/mol. The van der Waals surface area contributed by atoms with Crippen LogP contribution < -0.4 is 9.64 Å². The van der Waals surface area contributed by atoms with Gasteiger partial charge in [-0.05, 0) is 91.8 Å². The molecule has 37 heavy (non-hydrogen) atoms. The molecule has 6 rings (SSSR count). The van der Waals surface area contributed by atoms with Crippen molar-refractivity contribution in [3.05, 3.63) is 90.5 Å². The van der Waals surface area contributed by atoms with Gasteiger partial charge >= 0.3 is 0 Å². The number of hydrogen-bond donors (Lipinski definition) is 1. The summed E-state index contributed by atoms with van der Waals surface area (Å²) in [5.41, 5.74) is 1.73. The van der Waals surface area contributed by atoms with Crippen LogP contribution in [0.3, 0.4) is 0 Å². The number of allylic oxidation sites excluding steroid dienone is 2. The lowest BCUT2D eigenvalue weighted by Gasteiger charge is -2.25. The topological polar surface area (TPSA) is 83.9 Å². The Labute approximate surface area is 215 Å². The summed E-state index contributed by atoms with van der Waals surface area (Å²) < 4.78 is 6.06. The van der Waals surface area contributed by atoms with Crippen molar-refractivity contribution in [3.63, 3.8) is 0 Å². The molecule has 1 saturated heterocycles. The van der Waals surface area contributed by atoms with E-state index in [-0.39, 0.29) is 47.0 Å². The van der Waals surface area contributed by atoms with Gasteiger partial charge in [0, 0.05) is 5.56 Å². The van der Waals surface area contributed by atoms with E-state index in [1.807, 2.05) is 36.4 Å². The van der Waals surface area contributed by atoms with Gasteiger partial charge in [-0.2, -0.15) is 0 Å². The number of anilines is 1. The molecule has 1 saturated carbocycles. The minimum Gasteiger partial charge on any atom is -0.508 e. The van der Waals surface area contributed by atoms with Gasteiger partial charge in [0.2, 0.25) is 17.6 Å². The lowest BCUT2D eigenvalue weighted by molar-refractivity contribution is -0.123. The smallest absolute Gasteiger partial charge is 0.238 e. The normalized spacial score (nSPS) is 24.0. The zero-order valence-electron chi connectivity index (χ0n) is 20.6. The van der Waals surface area contributed by atoms with E-state index < -0.39 is 5.60 Å². The summed E-state index contributed by atoms with van der Waals surface area (Å²) in [7, 11) is 0. The molecule has 0 radical (unpaired) electrons. The van der Waals surface area contributed by atoms with Crippen molar-refractivity contribution in [3.8, 4) is 22.6 Å². The highest BCUT2D eigenvalue weighted by Crippen LogP contribution is 2.53. The number of nitrogens with zero attached hydrogens (tertiary/aromatic N) is 1. The van der Waals surface area contributed by atoms with E-state index in [4.69, 9.17) is 4.74 Å². The Balaban J connectivity index is 1.15. The van der Waals surface area contributed by atoms with Crippen LogP contribution in [0.1, 0.15) is 30.6 Å². The molecule has 3 aliphatic rings. The Bertz CT molecular complexity index is 1390. The molecule has 2 fully saturated rings. The van der Waals surface area contributed by atoms with Crippen LogP contribution in [0, 0.1) is 23.7 Å². The summed E-state index contributed by atoms with van der Waals surface area (Å²) in [6.45, 7) is 3.43. The van der Waals surface area contributed by atoms with Crippen LogP contribution in [0.15, 0.2) is 84.9 Å². The van der Waals surface area contributed by atoms with E-state index in [0.29, 0.717) is 17.0 Å². The highest BCUT2D eigenvalue weighted by atomic mass is 16.5. The highest BCUT2D eigenvalue weighted by molar-refractivity contribution is 6.23. The molecule has 0 aromatic heterocycles. The molecule has 1 aliphatic heterocycles. The fraction of sp³-hybridized carbons (Fsp3) is 0.258. The number of phenolic OH excluding ortho intramolecular Hbond substituents is 1. The van der Waals surface area contributed by atoms with E-state index in [1.54, 1.807) is 50.2 Å². The van der Waals surface area contributed by atoms with Crippen molar-refractivity contribution in [2.45, 2.75) is 25.9 Å². The zero-order chi connectivity index (χ0) is 25.9. The number of ether oxygens (including phenoxy) is 1. The number of fused-ring (bicyclic) bond motifs is 5. The molecule has 3 aromatic rings. The second-order valence-electron chi connectivity index (χ2n) is 10.6. The number of ketones is 1. The Morgan fingerprint density at radius 2 is 1.32 bits per heavy atom. The van der Waals surface area contributed by atoms with E-state index in [1.165, 1.54) is 4.90 Å². The van der Waals surface area contributed by atoms with Gasteiger partial charge in [-0.25, -0.2) is 0 Å². The van der Waals surface area contributed by atoms with Crippen molar-refractivity contribution in [2.24, 2.45) is 23.7 Å². The fourth-order valence-corrected chi connectivity index (χ4v) is 5.98. The van der Waals surface area contributed by atoms with E-state index >= 15 is 0 Å². The quantitative estimate of drug-likeness (QED) is 0.282. The van der Waals surface area contributed by atoms with Gasteiger partial charge in [-0.1, -0.05) is 36.4 Å². The number of imide groups is 1. The number of carbonyl (C=O) groups excluding carboxylic acids is 3. The third-order valence-corrected chi connectivity index (χ3v) is 7.83. The minimum absolute atomic E-state index is 0.134. The second kappa shape index (κ2) is 8.44. The summed E-state index contributed by atoms with van der Waals surface area (Å²) in [6, 6.07) is 21.0. The molecule has 0 spiro atoms. The van der Waals surface area contributed by atoms with Crippen LogP contribution in [0.5, 0.6) is 11.5 Å². The largest absolute Gasteiger partial charge is 0.508 e. The van der Waals surface area contributed by atoms with Crippen LogP contribution in [0.25, 0.3) is 11.1 Å². The minimum atomic E-state index is -1.14. The molecule has 2 bridgehead atoms. The Morgan fingerprint density at radius 3 is 1.86 bits per heavy atom. The number of amides is 2. The summed E-state index contributed by atoms with van der Waals surface area (Å²) in [4.78, 5) is 40.7. The standard InChI is InChI=1S/C31H27NO5/c1-31(2,37-25-15-9-19(10-16-25)18-7-13-24(33)14-8-18)28(34)20-5-11-23(12-6-20)32-29(35)26-21-3-4-22(17-21)27(26)30(32)36/h3-16,21-22,26-27,33H,17H2,1-2H3. The van der Waals surface area contributed by atoms with Crippen molar-refractivity contribution >= 4 is 23.3 Å². The second-order valence-corrected chi connectivity index (χ2v) is 10.6. The van der Waals surface area contributed by atoms with Gasteiger partial charge in [0.05, 0.1) is 17.5 Å². The van der Waals surface area contributed by atoms with Crippen molar-refractivity contribution in [1.82, 2.24) is 0 Å². The number of aromatic hydroxyl groups is 1. The first kappa shape index (κ1) is 23.2. The molecular formula is C31H27NO5. The number of carbonyl (C=O) groups is 3. The van der Waals surface area contributed by atoms with Gasteiger partial charge in [0.1, 0.15) is 11.5 Å². The Hall–Kier alpha value is -4.19. The van der Waals surface area contributed by atoms with E-state index in [2.05, 4.69) is 12.2 Å². The maximum absolute atomic E-state index is 13.3. The molecule has 6 nitrogen and oxygen atoms in total. The van der Waals surface area contributed by atoms with E-state index in [0.717, 1.165) is 17.5 Å². The number of rotatable bonds is 6. The Morgan fingerprint density at radius 1 is 0.811 bits per heavy atom. The van der Waals surface area contributed by atoms with Crippen LogP contribution in [-0.4, -0.2) is 28.3 Å². The number of Topliss-reactive ketones (excluding diaryl/α,β-unsaturated/α-hetero) is 1. The van der Waals surface area contributed by atoms with Gasteiger partial charge in [0.25, 0.3) is 0 Å². The fourth-order valence-electron chi connectivity index (χ4n) is 5.98.